The summed E-state index contributed by atoms with van der Waals surface area (Å²) in [5.41, 5.74) is -3.09. The van der Waals surface area contributed by atoms with Gasteiger partial charge in [0.25, 0.3) is 11.5 Å². The molecule has 1 atom stereocenters. The van der Waals surface area contributed by atoms with Gasteiger partial charge in [-0.25, -0.2) is 9.07 Å². The second-order valence-corrected chi connectivity index (χ2v) is 9.69. The minimum atomic E-state index is -5.00. The van der Waals surface area contributed by atoms with Gasteiger partial charge in [-0.2, -0.15) is 26.9 Å². The second-order valence-electron chi connectivity index (χ2n) is 8.88. The highest BCUT2D eigenvalue weighted by atomic mass is 35.5. The van der Waals surface area contributed by atoms with Crippen LogP contribution in [0, 0.1) is 25.1 Å². The lowest BCUT2D eigenvalue weighted by molar-refractivity contribution is -0.275. The number of hydrogen-bond acceptors (Lipinski definition) is 5. The predicted molar refractivity (Wildman–Crippen MR) is 134 cm³/mol. The van der Waals surface area contributed by atoms with Crippen molar-refractivity contribution < 1.29 is 36.0 Å². The molecule has 0 saturated carbocycles. The van der Waals surface area contributed by atoms with E-state index in [9.17, 15) is 31.1 Å². The molecular weight excluding hydrogens is 587 g/mol. The maximum absolute atomic E-state index is 14.3. The Bertz CT molecular complexity index is 1550. The van der Waals surface area contributed by atoms with Crippen LogP contribution in [0.4, 0.5) is 32.3 Å². The topological polar surface area (TPSA) is 81.4 Å². The number of rotatable bonds is 6. The first-order valence-electron chi connectivity index (χ1n) is 11.2. The summed E-state index contributed by atoms with van der Waals surface area (Å²) in [4.78, 5) is 21.4. The standard InChI is InChI=1S/C25H17Cl2F6N5O2/c1-4-7-38-21(23(3,29)30)35-22(36-38)34-20(39)15-6-5-13(8-12(15)2)18-11-24(40-37-18,25(31,32)33)14-9-16(26)19(28)17(27)10-14/h1,5-6,8-10H,7,11H2,2-3H3,(H,34,36,39). The number of nitrogens with zero attached hydrogens (tertiary/aromatic N) is 4. The van der Waals surface area contributed by atoms with Gasteiger partial charge in [0.1, 0.15) is 6.54 Å². The van der Waals surface area contributed by atoms with Crippen molar-refractivity contribution in [1.29, 1.82) is 0 Å². The van der Waals surface area contributed by atoms with Crippen LogP contribution in [0.3, 0.4) is 0 Å². The molecule has 4 rings (SSSR count). The van der Waals surface area contributed by atoms with Gasteiger partial charge in [0.15, 0.2) is 11.6 Å². The number of benzene rings is 2. The van der Waals surface area contributed by atoms with Crippen LogP contribution in [0.1, 0.15) is 46.2 Å². The summed E-state index contributed by atoms with van der Waals surface area (Å²) >= 11 is 11.4. The van der Waals surface area contributed by atoms with Gasteiger partial charge in [-0.1, -0.05) is 40.3 Å². The third-order valence-corrected chi connectivity index (χ3v) is 6.52. The lowest BCUT2D eigenvalue weighted by Gasteiger charge is -2.29. The van der Waals surface area contributed by atoms with Gasteiger partial charge in [-0.05, 0) is 42.3 Å². The van der Waals surface area contributed by atoms with Crippen molar-refractivity contribution in [3.63, 3.8) is 0 Å². The molecular formula is C25H17Cl2F6N5O2. The summed E-state index contributed by atoms with van der Waals surface area (Å²) in [6.45, 7) is 1.79. The molecule has 0 bridgehead atoms. The van der Waals surface area contributed by atoms with Crippen molar-refractivity contribution in [3.8, 4) is 12.3 Å². The first kappa shape index (κ1) is 29.2. The van der Waals surface area contributed by atoms with E-state index in [-0.39, 0.29) is 23.4 Å². The lowest BCUT2D eigenvalue weighted by atomic mass is 9.86. The van der Waals surface area contributed by atoms with Crippen LogP contribution >= 0.6 is 23.2 Å². The molecule has 3 aromatic rings. The Balaban J connectivity index is 1.59. The number of halogens is 8. The highest BCUT2D eigenvalue weighted by Gasteiger charge is 2.62. The number of amides is 1. The molecule has 0 radical (unpaired) electrons. The molecule has 1 aliphatic rings. The SMILES string of the molecule is C#CCn1nc(NC(=O)c2ccc(C3=NOC(c4cc(Cl)c(F)c(Cl)c4)(C(F)(F)F)C3)cc2C)nc1C(C)(F)F. The van der Waals surface area contributed by atoms with Gasteiger partial charge in [0.2, 0.25) is 5.95 Å². The molecule has 7 nitrogen and oxygen atoms in total. The van der Waals surface area contributed by atoms with Crippen LogP contribution in [-0.4, -0.2) is 32.6 Å². The third kappa shape index (κ3) is 5.33. The van der Waals surface area contributed by atoms with Crippen molar-refractivity contribution in [1.82, 2.24) is 14.8 Å². The van der Waals surface area contributed by atoms with E-state index in [1.165, 1.54) is 25.1 Å². The maximum atomic E-state index is 14.3. The van der Waals surface area contributed by atoms with E-state index in [1.54, 1.807) is 0 Å². The molecule has 40 heavy (non-hydrogen) atoms. The van der Waals surface area contributed by atoms with Crippen LogP contribution < -0.4 is 5.32 Å². The predicted octanol–water partition coefficient (Wildman–Crippen LogP) is 6.61. The zero-order valence-electron chi connectivity index (χ0n) is 20.5. The number of aromatic nitrogens is 3. The number of anilines is 1. The van der Waals surface area contributed by atoms with Gasteiger partial charge in [0, 0.05) is 24.5 Å². The molecule has 1 aliphatic heterocycles. The monoisotopic (exact) mass is 603 g/mol. The molecule has 2 aromatic carbocycles. The Morgan fingerprint density at radius 1 is 1.20 bits per heavy atom. The number of carbonyl (C=O) groups excluding carboxylic acids is 1. The number of alkyl halides is 5. The minimum absolute atomic E-state index is 0.0561. The van der Waals surface area contributed by atoms with E-state index < -0.39 is 63.2 Å². The summed E-state index contributed by atoms with van der Waals surface area (Å²) in [7, 11) is 0. The van der Waals surface area contributed by atoms with E-state index >= 15 is 0 Å². The van der Waals surface area contributed by atoms with E-state index in [2.05, 4.69) is 26.5 Å². The molecule has 0 aliphatic carbocycles. The van der Waals surface area contributed by atoms with Gasteiger partial charge < -0.3 is 4.84 Å². The van der Waals surface area contributed by atoms with Crippen LogP contribution in [0.25, 0.3) is 0 Å². The minimum Gasteiger partial charge on any atom is -0.374 e. The molecule has 1 N–H and O–H groups in total. The van der Waals surface area contributed by atoms with Crippen molar-refractivity contribution >= 4 is 40.8 Å². The first-order chi connectivity index (χ1) is 18.6. The summed E-state index contributed by atoms with van der Waals surface area (Å²) in [6.07, 6.45) is -0.626. The largest absolute Gasteiger partial charge is 0.435 e. The van der Waals surface area contributed by atoms with Gasteiger partial charge >= 0.3 is 12.1 Å². The average Bonchev–Trinajstić information content (AvgIpc) is 3.48. The fraction of sp³-hybridized carbons (Fsp3) is 0.280. The van der Waals surface area contributed by atoms with Gasteiger partial charge in [-0.15, -0.1) is 11.5 Å². The van der Waals surface area contributed by atoms with Crippen molar-refractivity contribution in [2.75, 3.05) is 5.32 Å². The van der Waals surface area contributed by atoms with E-state index in [4.69, 9.17) is 34.5 Å². The number of nitrogens with one attached hydrogen (secondary N) is 1. The average molecular weight is 604 g/mol. The molecule has 15 heteroatoms. The van der Waals surface area contributed by atoms with Crippen molar-refractivity contribution in [2.24, 2.45) is 5.16 Å². The molecule has 0 fully saturated rings. The van der Waals surface area contributed by atoms with E-state index in [0.717, 1.165) is 16.8 Å². The molecule has 0 saturated heterocycles. The van der Waals surface area contributed by atoms with E-state index in [0.29, 0.717) is 12.5 Å². The number of carbonyl (C=O) groups is 1. The van der Waals surface area contributed by atoms with Crippen LogP contribution in [-0.2, 0) is 22.9 Å². The van der Waals surface area contributed by atoms with Crippen LogP contribution in [0.5, 0.6) is 0 Å². The summed E-state index contributed by atoms with van der Waals surface area (Å²) < 4.78 is 85.1. The van der Waals surface area contributed by atoms with E-state index in [1.807, 2.05) is 0 Å². The molecule has 1 unspecified atom stereocenters. The summed E-state index contributed by atoms with van der Waals surface area (Å²) in [5, 5.41) is 8.48. The van der Waals surface area contributed by atoms with Gasteiger partial charge in [-0.3, -0.25) is 10.1 Å². The second kappa shape index (κ2) is 10.3. The Labute approximate surface area is 233 Å². The number of hydrogen-bond donors (Lipinski definition) is 1. The van der Waals surface area contributed by atoms with Crippen LogP contribution in [0.2, 0.25) is 10.0 Å². The highest BCUT2D eigenvalue weighted by Crippen LogP contribution is 2.50. The quantitative estimate of drug-likeness (QED) is 0.195. The zero-order chi connectivity index (χ0) is 29.6. The van der Waals surface area contributed by atoms with Gasteiger partial charge in [0.05, 0.1) is 15.8 Å². The molecule has 2 heterocycles. The summed E-state index contributed by atoms with van der Waals surface area (Å²) in [5.74, 6) is -4.23. The molecule has 210 valence electrons. The molecule has 1 aromatic heterocycles. The first-order valence-corrected chi connectivity index (χ1v) is 12.0. The number of aryl methyl sites for hydroxylation is 1. The van der Waals surface area contributed by atoms with Crippen LogP contribution in [0.15, 0.2) is 35.5 Å². The normalized spacial score (nSPS) is 17.3. The Kier molecular flexibility index (Phi) is 7.55. The lowest BCUT2D eigenvalue weighted by Crippen LogP contribution is -2.42. The summed E-state index contributed by atoms with van der Waals surface area (Å²) in [6, 6.07) is 5.56. The Morgan fingerprint density at radius 2 is 1.85 bits per heavy atom. The highest BCUT2D eigenvalue weighted by molar-refractivity contribution is 6.35. The molecule has 1 amide bonds. The fourth-order valence-electron chi connectivity index (χ4n) is 4.03. The number of oxime groups is 1. The zero-order valence-corrected chi connectivity index (χ0v) is 22.0. The van der Waals surface area contributed by atoms with Crippen molar-refractivity contribution in [3.05, 3.63) is 74.3 Å². The smallest absolute Gasteiger partial charge is 0.374 e. The number of terminal acetylenes is 1. The third-order valence-electron chi connectivity index (χ3n) is 5.97. The van der Waals surface area contributed by atoms with Crippen molar-refractivity contribution in [2.45, 2.75) is 44.5 Å². The molecule has 0 spiro atoms. The Morgan fingerprint density at radius 3 is 2.40 bits per heavy atom. The maximum Gasteiger partial charge on any atom is 0.435 e. The fourth-order valence-corrected chi connectivity index (χ4v) is 4.52. The Hall–Kier alpha value is -3.76.